The average Bonchev–Trinajstić information content (AvgIpc) is 3.20. The topological polar surface area (TPSA) is 122 Å². The highest BCUT2D eigenvalue weighted by molar-refractivity contribution is 6.02. The lowest BCUT2D eigenvalue weighted by atomic mass is 9.84. The Bertz CT molecular complexity index is 1630. The first-order valence-electron chi connectivity index (χ1n) is 14.0. The normalized spacial score (nSPS) is 21.5. The molecular weight excluding hydrogens is 548 g/mol. The number of aromatic hydroxyl groups is 1. The summed E-state index contributed by atoms with van der Waals surface area (Å²) >= 11 is 0. The maximum absolute atomic E-state index is 16.6. The van der Waals surface area contributed by atoms with Gasteiger partial charge in [0.25, 0.3) is 0 Å². The Balaban J connectivity index is 1.56. The molecule has 2 aromatic carbocycles. The van der Waals surface area contributed by atoms with E-state index in [4.69, 9.17) is 14.2 Å². The molecule has 0 amide bonds. The van der Waals surface area contributed by atoms with Gasteiger partial charge in [-0.1, -0.05) is 19.1 Å². The zero-order valence-electron chi connectivity index (χ0n) is 23.5. The Morgan fingerprint density at radius 3 is 2.83 bits per heavy atom. The van der Waals surface area contributed by atoms with Gasteiger partial charge in [-0.05, 0) is 43.0 Å². The van der Waals surface area contributed by atoms with Crippen LogP contribution in [0.25, 0.3) is 32.9 Å². The molecule has 0 spiro atoms. The van der Waals surface area contributed by atoms with Crippen molar-refractivity contribution >= 4 is 27.5 Å². The molecule has 42 heavy (non-hydrogen) atoms. The van der Waals surface area contributed by atoms with Crippen molar-refractivity contribution < 1.29 is 33.2 Å². The summed E-state index contributed by atoms with van der Waals surface area (Å²) in [7, 11) is 1.39. The zero-order chi connectivity index (χ0) is 29.4. The van der Waals surface area contributed by atoms with E-state index in [9.17, 15) is 10.2 Å². The maximum atomic E-state index is 16.6. The highest BCUT2D eigenvalue weighted by atomic mass is 19.1. The van der Waals surface area contributed by atoms with Gasteiger partial charge in [0.15, 0.2) is 5.82 Å². The number of ether oxygens (including phenoxy) is 3. The van der Waals surface area contributed by atoms with Gasteiger partial charge in [0.05, 0.1) is 33.0 Å². The largest absolute Gasteiger partial charge is 0.508 e. The molecule has 3 N–H and O–H groups in total. The van der Waals surface area contributed by atoms with Crippen LogP contribution in [-0.4, -0.2) is 84.4 Å². The third-order valence-corrected chi connectivity index (χ3v) is 7.85. The van der Waals surface area contributed by atoms with Gasteiger partial charge in [-0.25, -0.2) is 13.8 Å². The van der Waals surface area contributed by atoms with Crippen molar-refractivity contribution in [3.8, 4) is 28.9 Å². The number of nitrogens with one attached hydrogen (secondary N) is 1. The fourth-order valence-electron chi connectivity index (χ4n) is 5.74. The number of rotatable bonds is 6. The number of phenols is 1. The van der Waals surface area contributed by atoms with Crippen LogP contribution in [0.1, 0.15) is 19.8 Å². The number of β-amino-alcohol motifs (C(OH)–C–C–N with tert-alkyl or cyclic N) is 1. The second kappa shape index (κ2) is 11.4. The van der Waals surface area contributed by atoms with Gasteiger partial charge in [-0.15, -0.1) is 0 Å². The van der Waals surface area contributed by atoms with E-state index in [0.717, 1.165) is 25.9 Å². The number of hydrogen-bond acceptors (Lipinski definition) is 10. The molecule has 2 fully saturated rings. The fraction of sp³-hybridized carbons (Fsp3) is 0.433. The number of hydrogen-bond donors (Lipinski definition) is 3. The Labute approximate surface area is 241 Å². The summed E-state index contributed by atoms with van der Waals surface area (Å²) in [6, 6.07) is 7.01. The third kappa shape index (κ3) is 5.37. The Morgan fingerprint density at radius 2 is 2.05 bits per heavy atom. The molecule has 222 valence electrons. The summed E-state index contributed by atoms with van der Waals surface area (Å²) in [5.41, 5.74) is -0.510. The van der Waals surface area contributed by atoms with Gasteiger partial charge in [0, 0.05) is 36.0 Å². The molecule has 12 heteroatoms. The van der Waals surface area contributed by atoms with E-state index >= 15 is 8.78 Å². The van der Waals surface area contributed by atoms with E-state index in [1.54, 1.807) is 11.0 Å². The Kier molecular flexibility index (Phi) is 7.69. The summed E-state index contributed by atoms with van der Waals surface area (Å²) in [6.45, 7) is 5.10. The lowest BCUT2D eigenvalue weighted by Crippen LogP contribution is -2.41. The summed E-state index contributed by atoms with van der Waals surface area (Å²) in [5, 5.41) is 24.9. The Morgan fingerprint density at radius 1 is 1.19 bits per heavy atom. The molecule has 2 atom stereocenters. The SMILES string of the molecule is COc1nc(-c2cc(O)cc3cccc(F)c23)c(F)c2nc(OCC3(C)CCCNC3)nc(N3CCOCC(O)C3)c12. The first-order chi connectivity index (χ1) is 20.3. The highest BCUT2D eigenvalue weighted by Crippen LogP contribution is 2.41. The predicted octanol–water partition coefficient (Wildman–Crippen LogP) is 3.80. The van der Waals surface area contributed by atoms with Crippen LogP contribution in [0, 0.1) is 17.0 Å². The molecule has 2 unspecified atom stereocenters. The third-order valence-electron chi connectivity index (χ3n) is 7.85. The number of piperidine rings is 1. The number of methoxy groups -OCH3 is 1. The number of anilines is 1. The van der Waals surface area contributed by atoms with Crippen LogP contribution in [0.4, 0.5) is 14.6 Å². The molecule has 0 bridgehead atoms. The minimum absolute atomic E-state index is 0.00104. The number of aliphatic hydroxyl groups excluding tert-OH is 1. The number of halogens is 2. The lowest BCUT2D eigenvalue weighted by molar-refractivity contribution is 0.0597. The van der Waals surface area contributed by atoms with Crippen molar-refractivity contribution in [2.45, 2.75) is 25.9 Å². The van der Waals surface area contributed by atoms with E-state index < -0.39 is 17.7 Å². The van der Waals surface area contributed by atoms with Gasteiger partial charge in [0.1, 0.15) is 34.0 Å². The minimum Gasteiger partial charge on any atom is -0.508 e. The van der Waals surface area contributed by atoms with Crippen molar-refractivity contribution in [3.05, 3.63) is 42.0 Å². The summed E-state index contributed by atoms with van der Waals surface area (Å²) in [4.78, 5) is 15.4. The minimum atomic E-state index is -0.855. The summed E-state index contributed by atoms with van der Waals surface area (Å²) in [5.74, 6) is -1.36. The van der Waals surface area contributed by atoms with Crippen molar-refractivity contribution in [2.75, 3.05) is 58.0 Å². The van der Waals surface area contributed by atoms with Crippen LogP contribution in [0.3, 0.4) is 0 Å². The molecule has 0 saturated carbocycles. The number of aromatic nitrogens is 3. The predicted molar refractivity (Wildman–Crippen MR) is 153 cm³/mol. The van der Waals surface area contributed by atoms with Crippen LogP contribution in [0.15, 0.2) is 30.3 Å². The maximum Gasteiger partial charge on any atom is 0.319 e. The van der Waals surface area contributed by atoms with Gasteiger partial charge >= 0.3 is 6.01 Å². The molecule has 2 aliphatic rings. The van der Waals surface area contributed by atoms with Crippen LogP contribution in [-0.2, 0) is 4.74 Å². The molecule has 2 aliphatic heterocycles. The van der Waals surface area contributed by atoms with Crippen molar-refractivity contribution in [1.29, 1.82) is 0 Å². The lowest BCUT2D eigenvalue weighted by Gasteiger charge is -2.33. The number of pyridine rings is 1. The average molecular weight is 582 g/mol. The molecule has 10 nitrogen and oxygen atoms in total. The standard InChI is InChI=1S/C30H33F2N5O5/c1-30(7-4-8-33-15-30)16-42-29-35-26-23(27(36-29)37-9-10-41-14-19(39)13-37)28(40-2)34-25(24(26)32)20-12-18(38)11-17-5-3-6-21(31)22(17)20/h3,5-6,11-12,19,33,38-39H,4,7-10,13-16H2,1-2H3. The monoisotopic (exact) mass is 581 g/mol. The quantitative estimate of drug-likeness (QED) is 0.310. The van der Waals surface area contributed by atoms with Gasteiger partial charge < -0.3 is 34.6 Å². The number of nitrogens with zero attached hydrogens (tertiary/aromatic N) is 4. The molecule has 0 aliphatic carbocycles. The van der Waals surface area contributed by atoms with E-state index in [-0.39, 0.29) is 69.6 Å². The molecule has 4 heterocycles. The van der Waals surface area contributed by atoms with Gasteiger partial charge in [-0.3, -0.25) is 0 Å². The number of fused-ring (bicyclic) bond motifs is 2. The molecule has 2 aromatic heterocycles. The van der Waals surface area contributed by atoms with E-state index in [1.807, 2.05) is 0 Å². The molecule has 2 saturated heterocycles. The second-order valence-electron chi connectivity index (χ2n) is 11.2. The van der Waals surface area contributed by atoms with Crippen molar-refractivity contribution in [2.24, 2.45) is 5.41 Å². The van der Waals surface area contributed by atoms with E-state index in [2.05, 4.69) is 27.2 Å². The zero-order valence-corrected chi connectivity index (χ0v) is 23.5. The smallest absolute Gasteiger partial charge is 0.319 e. The first-order valence-corrected chi connectivity index (χ1v) is 14.0. The fourth-order valence-corrected chi connectivity index (χ4v) is 5.74. The van der Waals surface area contributed by atoms with Crippen LogP contribution < -0.4 is 19.7 Å². The summed E-state index contributed by atoms with van der Waals surface area (Å²) in [6.07, 6.45) is 1.14. The van der Waals surface area contributed by atoms with Gasteiger partial charge in [-0.2, -0.15) is 9.97 Å². The first kappa shape index (κ1) is 28.3. The van der Waals surface area contributed by atoms with Crippen LogP contribution >= 0.6 is 0 Å². The summed E-state index contributed by atoms with van der Waals surface area (Å²) < 4.78 is 49.0. The van der Waals surface area contributed by atoms with Crippen molar-refractivity contribution in [3.63, 3.8) is 0 Å². The van der Waals surface area contributed by atoms with Crippen LogP contribution in [0.5, 0.6) is 17.6 Å². The van der Waals surface area contributed by atoms with E-state index in [0.29, 0.717) is 25.1 Å². The second-order valence-corrected chi connectivity index (χ2v) is 11.2. The number of aliphatic hydroxyl groups is 1. The van der Waals surface area contributed by atoms with Crippen LogP contribution in [0.2, 0.25) is 0 Å². The van der Waals surface area contributed by atoms with E-state index in [1.165, 1.54) is 31.4 Å². The van der Waals surface area contributed by atoms with Gasteiger partial charge in [0.2, 0.25) is 5.88 Å². The molecule has 0 radical (unpaired) electrons. The van der Waals surface area contributed by atoms with Crippen molar-refractivity contribution in [1.82, 2.24) is 20.3 Å². The Hall–Kier alpha value is -3.87. The number of benzene rings is 2. The molecular formula is C30H33F2N5O5. The molecule has 4 aromatic rings. The molecule has 6 rings (SSSR count). The highest BCUT2D eigenvalue weighted by Gasteiger charge is 2.31. The number of phenolic OH excluding ortho intramolecular Hbond substituents is 1.